The number of benzene rings is 3. The number of carboxylic acid groups (broad SMARTS) is 1. The molecule has 0 aliphatic carbocycles. The summed E-state index contributed by atoms with van der Waals surface area (Å²) in [5.41, 5.74) is 2.44. The number of carbonyl (C=O) groups is 2. The van der Waals surface area contributed by atoms with Gasteiger partial charge < -0.3 is 10.0 Å². The second-order valence-corrected chi connectivity index (χ2v) is 10.4. The Kier molecular flexibility index (Phi) is 6.38. The fourth-order valence-corrected chi connectivity index (χ4v) is 6.28. The van der Waals surface area contributed by atoms with Crippen molar-refractivity contribution in [3.8, 4) is 0 Å². The summed E-state index contributed by atoms with van der Waals surface area (Å²) in [4.78, 5) is 26.8. The number of carbonyl (C=O) groups excluding carboxylic acids is 1. The second kappa shape index (κ2) is 9.12. The summed E-state index contributed by atoms with van der Waals surface area (Å²) in [5.74, 6) is -1.88. The van der Waals surface area contributed by atoms with Gasteiger partial charge in [0.25, 0.3) is 15.9 Å². The van der Waals surface area contributed by atoms with Crippen LogP contribution in [0, 0.1) is 13.8 Å². The Morgan fingerprint density at radius 1 is 0.971 bits per heavy atom. The number of amides is 1. The van der Waals surface area contributed by atoms with Crippen molar-refractivity contribution in [1.29, 1.82) is 0 Å². The first-order chi connectivity index (χ1) is 16.1. The van der Waals surface area contributed by atoms with Crippen molar-refractivity contribution in [1.82, 2.24) is 0 Å². The van der Waals surface area contributed by atoms with E-state index in [2.05, 4.69) is 0 Å². The minimum atomic E-state index is -4.31. The summed E-state index contributed by atoms with van der Waals surface area (Å²) >= 11 is 6.17. The van der Waals surface area contributed by atoms with Crippen LogP contribution in [0.25, 0.3) is 0 Å². The molecule has 0 fully saturated rings. The third kappa shape index (κ3) is 4.26. The number of sulfonamides is 1. The van der Waals surface area contributed by atoms with Crippen LogP contribution in [-0.2, 0) is 26.2 Å². The lowest BCUT2D eigenvalue weighted by Crippen LogP contribution is -2.56. The number of aryl methyl sites for hydroxylation is 2. The van der Waals surface area contributed by atoms with Crippen molar-refractivity contribution in [3.63, 3.8) is 0 Å². The van der Waals surface area contributed by atoms with Crippen LogP contribution in [0.1, 0.15) is 23.1 Å². The lowest BCUT2D eigenvalue weighted by atomic mass is 10.0. The first-order valence-corrected chi connectivity index (χ1v) is 12.4. The van der Waals surface area contributed by atoms with Crippen LogP contribution in [0.4, 0.5) is 11.4 Å². The van der Waals surface area contributed by atoms with E-state index >= 15 is 0 Å². The van der Waals surface area contributed by atoms with Crippen LogP contribution in [0.2, 0.25) is 5.02 Å². The van der Waals surface area contributed by atoms with Gasteiger partial charge in [-0.05, 0) is 54.8 Å². The van der Waals surface area contributed by atoms with Gasteiger partial charge in [-0.25, -0.2) is 8.42 Å². The van der Waals surface area contributed by atoms with Crippen LogP contribution in [0.15, 0.2) is 71.6 Å². The van der Waals surface area contributed by atoms with Gasteiger partial charge in [0, 0.05) is 5.02 Å². The van der Waals surface area contributed by atoms with Gasteiger partial charge in [-0.15, -0.1) is 0 Å². The van der Waals surface area contributed by atoms with Gasteiger partial charge in [-0.3, -0.25) is 13.9 Å². The molecule has 7 nitrogen and oxygen atoms in total. The fraction of sp³-hybridized carbons (Fsp3) is 0.200. The van der Waals surface area contributed by atoms with Crippen LogP contribution in [0.3, 0.4) is 0 Å². The van der Waals surface area contributed by atoms with Gasteiger partial charge in [-0.2, -0.15) is 0 Å². The Hall–Kier alpha value is -3.36. The molecule has 1 aliphatic rings. The summed E-state index contributed by atoms with van der Waals surface area (Å²) < 4.78 is 28.9. The molecule has 4 rings (SSSR count). The minimum Gasteiger partial charge on any atom is -0.481 e. The highest BCUT2D eigenvalue weighted by atomic mass is 35.5. The quantitative estimate of drug-likeness (QED) is 0.538. The van der Waals surface area contributed by atoms with Crippen molar-refractivity contribution in [2.45, 2.75) is 37.8 Å². The van der Waals surface area contributed by atoms with Crippen LogP contribution < -0.4 is 9.21 Å². The molecule has 0 radical (unpaired) electrons. The van der Waals surface area contributed by atoms with Crippen molar-refractivity contribution >= 4 is 44.9 Å². The molecule has 3 aromatic rings. The number of halogens is 1. The number of aliphatic carboxylic acids is 1. The molecule has 3 aromatic carbocycles. The third-order valence-electron chi connectivity index (χ3n) is 5.79. The second-order valence-electron chi connectivity index (χ2n) is 8.18. The van der Waals surface area contributed by atoms with Gasteiger partial charge in [0.15, 0.2) is 0 Å². The van der Waals surface area contributed by atoms with Crippen LogP contribution in [-0.4, -0.2) is 31.4 Å². The molecular weight excluding hydrogens is 476 g/mol. The maximum absolute atomic E-state index is 14.0. The third-order valence-corrected chi connectivity index (χ3v) is 8.16. The Bertz CT molecular complexity index is 1380. The van der Waals surface area contributed by atoms with E-state index in [1.165, 1.54) is 11.0 Å². The highest BCUT2D eigenvalue weighted by Gasteiger charge is 2.45. The number of carboxylic acids is 1. The largest absolute Gasteiger partial charge is 0.481 e. The summed E-state index contributed by atoms with van der Waals surface area (Å²) in [6.07, 6.45) is -0.677. The monoisotopic (exact) mass is 498 g/mol. The highest BCUT2D eigenvalue weighted by Crippen LogP contribution is 2.42. The predicted molar refractivity (Wildman–Crippen MR) is 131 cm³/mol. The molecule has 0 unspecified atom stereocenters. The number of fused-ring (bicyclic) bond motifs is 1. The summed E-state index contributed by atoms with van der Waals surface area (Å²) in [6.45, 7) is 3.48. The molecule has 0 saturated carbocycles. The molecule has 1 N–H and O–H groups in total. The van der Waals surface area contributed by atoms with Gasteiger partial charge >= 0.3 is 5.97 Å². The van der Waals surface area contributed by atoms with Gasteiger partial charge in [-0.1, -0.05) is 54.1 Å². The van der Waals surface area contributed by atoms with Crippen molar-refractivity contribution in [2.24, 2.45) is 0 Å². The molecule has 1 atom stereocenters. The van der Waals surface area contributed by atoms with E-state index in [-0.39, 0.29) is 17.1 Å². The van der Waals surface area contributed by atoms with Gasteiger partial charge in [0.2, 0.25) is 0 Å². The lowest BCUT2D eigenvalue weighted by molar-refractivity contribution is -0.139. The Labute approximate surface area is 203 Å². The normalized spacial score (nSPS) is 15.9. The van der Waals surface area contributed by atoms with E-state index < -0.39 is 34.4 Å². The molecule has 176 valence electrons. The fourth-order valence-electron chi connectivity index (χ4n) is 4.15. The number of rotatable bonds is 6. The van der Waals surface area contributed by atoms with Crippen molar-refractivity contribution in [2.75, 3.05) is 9.21 Å². The number of anilines is 2. The van der Waals surface area contributed by atoms with E-state index in [0.29, 0.717) is 21.8 Å². The number of hydrogen-bond donors (Lipinski definition) is 1. The first-order valence-electron chi connectivity index (χ1n) is 10.6. The predicted octanol–water partition coefficient (Wildman–Crippen LogP) is 4.54. The standard InChI is InChI=1S/C25H23ClN2O5S/c1-16-13-23(17(2)12-19(16)26)34(32,33)28-21-11-7-6-10-20(21)27(15-18-8-4-3-5-9-18)25(31)22(28)14-24(29)30/h3-13,22H,14-15H2,1-2H3,(H,29,30)/t22-/m1/s1. The van der Waals surface area contributed by atoms with E-state index in [1.54, 1.807) is 44.2 Å². The number of nitrogens with zero attached hydrogens (tertiary/aromatic N) is 2. The zero-order valence-corrected chi connectivity index (χ0v) is 20.2. The average molecular weight is 499 g/mol. The molecule has 0 aromatic heterocycles. The maximum Gasteiger partial charge on any atom is 0.306 e. The van der Waals surface area contributed by atoms with Gasteiger partial charge in [0.1, 0.15) is 6.04 Å². The van der Waals surface area contributed by atoms with Crippen molar-refractivity contribution in [3.05, 3.63) is 88.4 Å². The first kappa shape index (κ1) is 23.8. The molecular formula is C25H23ClN2O5S. The summed E-state index contributed by atoms with van der Waals surface area (Å²) in [7, 11) is -4.31. The van der Waals surface area contributed by atoms with E-state index in [0.717, 1.165) is 9.87 Å². The Morgan fingerprint density at radius 2 is 1.59 bits per heavy atom. The zero-order valence-electron chi connectivity index (χ0n) is 18.6. The summed E-state index contributed by atoms with van der Waals surface area (Å²) in [6, 6.07) is 17.4. The number of hydrogen-bond acceptors (Lipinski definition) is 4. The molecule has 9 heteroatoms. The maximum atomic E-state index is 14.0. The number of para-hydroxylation sites is 2. The van der Waals surface area contributed by atoms with Crippen molar-refractivity contribution < 1.29 is 23.1 Å². The zero-order chi connectivity index (χ0) is 24.6. The smallest absolute Gasteiger partial charge is 0.306 e. The molecule has 34 heavy (non-hydrogen) atoms. The SMILES string of the molecule is Cc1cc(S(=O)(=O)N2c3ccccc3N(Cc3ccccc3)C(=O)[C@H]2CC(=O)O)c(C)cc1Cl. The lowest BCUT2D eigenvalue weighted by Gasteiger charge is -2.41. The average Bonchev–Trinajstić information content (AvgIpc) is 2.79. The molecule has 1 amide bonds. The molecule has 0 spiro atoms. The molecule has 0 bridgehead atoms. The Morgan fingerprint density at radius 3 is 2.24 bits per heavy atom. The summed E-state index contributed by atoms with van der Waals surface area (Å²) in [5, 5.41) is 10.0. The van der Waals surface area contributed by atoms with Crippen LogP contribution >= 0.6 is 11.6 Å². The van der Waals surface area contributed by atoms with E-state index in [4.69, 9.17) is 11.6 Å². The highest BCUT2D eigenvalue weighted by molar-refractivity contribution is 7.93. The minimum absolute atomic E-state index is 0.0242. The van der Waals surface area contributed by atoms with E-state index in [1.807, 2.05) is 30.3 Å². The van der Waals surface area contributed by atoms with Crippen LogP contribution in [0.5, 0.6) is 0 Å². The molecule has 1 aliphatic heterocycles. The molecule has 1 heterocycles. The topological polar surface area (TPSA) is 95.0 Å². The van der Waals surface area contributed by atoms with Gasteiger partial charge in [0.05, 0.1) is 29.2 Å². The molecule has 0 saturated heterocycles. The Balaban J connectivity index is 1.91. The van der Waals surface area contributed by atoms with E-state index in [9.17, 15) is 23.1 Å².